The lowest BCUT2D eigenvalue weighted by Gasteiger charge is -2.23. The summed E-state index contributed by atoms with van der Waals surface area (Å²) in [4.78, 5) is 7.05. The summed E-state index contributed by atoms with van der Waals surface area (Å²) >= 11 is 0. The fourth-order valence-corrected chi connectivity index (χ4v) is 4.14. The molecule has 1 unspecified atom stereocenters. The van der Waals surface area contributed by atoms with E-state index < -0.39 is 6.10 Å². The molecule has 1 atom stereocenters. The molecule has 0 amide bonds. The minimum atomic E-state index is -0.753. The average molecular weight is 504 g/mol. The Bertz CT molecular complexity index is 1110. The van der Waals surface area contributed by atoms with Crippen LogP contribution in [-0.4, -0.2) is 56.9 Å². The van der Waals surface area contributed by atoms with Gasteiger partial charge in [-0.05, 0) is 89.0 Å². The standard InChI is InChI=1S/C19H22N2.C12H19NO3/c1-16-7-9-17(10-8-16)18(19-6-2-3-12-20-19)11-15-21-13-4-5-14-21;1-12(2,3)13-7-11(16)8-4-9(14)6-10(15)5-8/h2-3,6-12H,4-5,13-15H2,1H3;4-6,11,13-16H,7H2,1-3H3/b18-11+;. The van der Waals surface area contributed by atoms with Gasteiger partial charge in [-0.15, -0.1) is 0 Å². The molecule has 0 bridgehead atoms. The summed E-state index contributed by atoms with van der Waals surface area (Å²) in [7, 11) is 0. The number of aromatic nitrogens is 1. The number of aliphatic hydroxyl groups excluding tert-OH is 1. The highest BCUT2D eigenvalue weighted by Gasteiger charge is 2.15. The highest BCUT2D eigenvalue weighted by molar-refractivity contribution is 5.78. The zero-order valence-corrected chi connectivity index (χ0v) is 22.5. The van der Waals surface area contributed by atoms with E-state index in [0.717, 1.165) is 12.2 Å². The van der Waals surface area contributed by atoms with E-state index in [1.807, 2.05) is 33.0 Å². The molecule has 37 heavy (non-hydrogen) atoms. The van der Waals surface area contributed by atoms with Crippen LogP contribution in [0.2, 0.25) is 0 Å². The van der Waals surface area contributed by atoms with Crippen molar-refractivity contribution in [1.29, 1.82) is 0 Å². The van der Waals surface area contributed by atoms with E-state index in [9.17, 15) is 15.3 Å². The van der Waals surface area contributed by atoms with Crippen LogP contribution in [0.15, 0.2) is 72.9 Å². The van der Waals surface area contributed by atoms with Crippen molar-refractivity contribution in [3.8, 4) is 11.5 Å². The Morgan fingerprint density at radius 2 is 1.65 bits per heavy atom. The van der Waals surface area contributed by atoms with Gasteiger partial charge >= 0.3 is 0 Å². The van der Waals surface area contributed by atoms with Crippen molar-refractivity contribution in [3.63, 3.8) is 0 Å². The summed E-state index contributed by atoms with van der Waals surface area (Å²) in [5, 5.41) is 31.6. The van der Waals surface area contributed by atoms with Crippen molar-refractivity contribution in [3.05, 3.63) is 95.3 Å². The monoisotopic (exact) mass is 503 g/mol. The molecule has 4 rings (SSSR count). The topological polar surface area (TPSA) is 88.8 Å². The fraction of sp³-hybridized carbons (Fsp3) is 0.387. The van der Waals surface area contributed by atoms with Gasteiger partial charge in [0.1, 0.15) is 11.5 Å². The van der Waals surface area contributed by atoms with Gasteiger partial charge in [0.15, 0.2) is 0 Å². The summed E-state index contributed by atoms with van der Waals surface area (Å²) in [5.41, 5.74) is 5.24. The van der Waals surface area contributed by atoms with Crippen molar-refractivity contribution in [2.24, 2.45) is 0 Å². The van der Waals surface area contributed by atoms with Gasteiger partial charge in [-0.1, -0.05) is 42.0 Å². The Labute approximate surface area is 221 Å². The van der Waals surface area contributed by atoms with E-state index in [-0.39, 0.29) is 17.0 Å². The van der Waals surface area contributed by atoms with Gasteiger partial charge in [-0.3, -0.25) is 9.88 Å². The molecule has 6 nitrogen and oxygen atoms in total. The molecule has 4 N–H and O–H groups in total. The van der Waals surface area contributed by atoms with Crippen LogP contribution in [0.5, 0.6) is 11.5 Å². The summed E-state index contributed by atoms with van der Waals surface area (Å²) in [6.07, 6.45) is 6.11. The van der Waals surface area contributed by atoms with Crippen LogP contribution >= 0.6 is 0 Å². The molecule has 0 aliphatic carbocycles. The highest BCUT2D eigenvalue weighted by atomic mass is 16.3. The molecule has 198 valence electrons. The van der Waals surface area contributed by atoms with Crippen LogP contribution in [0.4, 0.5) is 0 Å². The van der Waals surface area contributed by atoms with E-state index in [4.69, 9.17) is 0 Å². The van der Waals surface area contributed by atoms with Crippen molar-refractivity contribution in [1.82, 2.24) is 15.2 Å². The summed E-state index contributed by atoms with van der Waals surface area (Å²) < 4.78 is 0. The zero-order valence-electron chi connectivity index (χ0n) is 22.5. The van der Waals surface area contributed by atoms with E-state index in [1.54, 1.807) is 0 Å². The highest BCUT2D eigenvalue weighted by Crippen LogP contribution is 2.25. The Morgan fingerprint density at radius 3 is 2.22 bits per heavy atom. The van der Waals surface area contributed by atoms with Crippen molar-refractivity contribution < 1.29 is 15.3 Å². The van der Waals surface area contributed by atoms with E-state index in [0.29, 0.717) is 12.1 Å². The first-order chi connectivity index (χ1) is 17.6. The van der Waals surface area contributed by atoms with Crippen LogP contribution in [0.25, 0.3) is 5.57 Å². The molecule has 3 aromatic rings. The number of β-amino-alcohol motifs (C(OH)–C–C–N with tert-alkyl or cyclic N) is 1. The van der Waals surface area contributed by atoms with Gasteiger partial charge in [0, 0.05) is 36.5 Å². The van der Waals surface area contributed by atoms with Gasteiger partial charge < -0.3 is 20.6 Å². The zero-order chi connectivity index (χ0) is 26.8. The Morgan fingerprint density at radius 1 is 1.00 bits per heavy atom. The predicted octanol–water partition coefficient (Wildman–Crippen LogP) is 5.44. The van der Waals surface area contributed by atoms with Crippen LogP contribution < -0.4 is 5.32 Å². The van der Waals surface area contributed by atoms with Gasteiger partial charge in [0.05, 0.1) is 11.8 Å². The molecule has 2 aromatic carbocycles. The molecule has 0 spiro atoms. The lowest BCUT2D eigenvalue weighted by atomic mass is 10.0. The molecule has 0 radical (unpaired) electrons. The number of benzene rings is 2. The maximum absolute atomic E-state index is 9.85. The molecule has 1 fully saturated rings. The molecule has 1 aromatic heterocycles. The molecule has 6 heteroatoms. The minimum Gasteiger partial charge on any atom is -0.508 e. The molecular weight excluding hydrogens is 462 g/mol. The van der Waals surface area contributed by atoms with E-state index >= 15 is 0 Å². The Kier molecular flexibility index (Phi) is 10.3. The number of phenolic OH excluding ortho intramolecular Hbond substituents is 2. The maximum atomic E-state index is 9.85. The Balaban J connectivity index is 0.000000214. The predicted molar refractivity (Wildman–Crippen MR) is 151 cm³/mol. The first kappa shape index (κ1) is 28.4. The second kappa shape index (κ2) is 13.4. The third-order valence-corrected chi connectivity index (χ3v) is 6.19. The molecule has 1 aliphatic rings. The van der Waals surface area contributed by atoms with Crippen LogP contribution in [0.1, 0.15) is 62.1 Å². The molecule has 1 saturated heterocycles. The number of hydrogen-bond acceptors (Lipinski definition) is 6. The molecule has 2 heterocycles. The van der Waals surface area contributed by atoms with Gasteiger partial charge in [-0.2, -0.15) is 0 Å². The number of likely N-dealkylation sites (tertiary alicyclic amines) is 1. The first-order valence-electron chi connectivity index (χ1n) is 13.0. The number of phenols is 2. The smallest absolute Gasteiger partial charge is 0.119 e. The molecule has 1 aliphatic heterocycles. The largest absolute Gasteiger partial charge is 0.508 e. The van der Waals surface area contributed by atoms with E-state index in [1.165, 1.54) is 60.8 Å². The quantitative estimate of drug-likeness (QED) is 0.344. The summed E-state index contributed by atoms with van der Waals surface area (Å²) in [6, 6.07) is 19.0. The number of hydrogen-bond donors (Lipinski definition) is 4. The lowest BCUT2D eigenvalue weighted by Crippen LogP contribution is -2.38. The SMILES string of the molecule is CC(C)(C)NCC(O)c1cc(O)cc(O)c1.Cc1ccc(/C(=C\CN2CCCC2)c2ccccn2)cc1. The lowest BCUT2D eigenvalue weighted by molar-refractivity contribution is 0.162. The normalized spacial score (nSPS) is 15.2. The number of nitrogens with one attached hydrogen (secondary N) is 1. The second-order valence-corrected chi connectivity index (χ2v) is 10.6. The van der Waals surface area contributed by atoms with Crippen molar-refractivity contribution >= 4 is 5.57 Å². The third kappa shape index (κ3) is 9.65. The van der Waals surface area contributed by atoms with Crippen LogP contribution in [-0.2, 0) is 0 Å². The minimum absolute atomic E-state index is 0.0511. The number of nitrogens with zero attached hydrogens (tertiary/aromatic N) is 2. The van der Waals surface area contributed by atoms with E-state index in [2.05, 4.69) is 64.6 Å². The average Bonchev–Trinajstić information content (AvgIpc) is 3.37. The third-order valence-electron chi connectivity index (χ3n) is 6.19. The number of aromatic hydroxyl groups is 2. The van der Waals surface area contributed by atoms with Crippen LogP contribution in [0, 0.1) is 6.92 Å². The maximum Gasteiger partial charge on any atom is 0.119 e. The molecular formula is C31H41N3O3. The first-order valence-corrected chi connectivity index (χ1v) is 13.0. The number of aryl methyl sites for hydroxylation is 1. The number of rotatable bonds is 7. The van der Waals surface area contributed by atoms with Crippen LogP contribution in [0.3, 0.4) is 0 Å². The second-order valence-electron chi connectivity index (χ2n) is 10.6. The van der Waals surface area contributed by atoms with Gasteiger partial charge in [0.25, 0.3) is 0 Å². The van der Waals surface area contributed by atoms with Crippen molar-refractivity contribution in [2.45, 2.75) is 52.2 Å². The number of pyridine rings is 1. The van der Waals surface area contributed by atoms with Gasteiger partial charge in [0.2, 0.25) is 0 Å². The van der Waals surface area contributed by atoms with Crippen molar-refractivity contribution in [2.75, 3.05) is 26.2 Å². The molecule has 0 saturated carbocycles. The Hall–Kier alpha value is -3.19. The summed E-state index contributed by atoms with van der Waals surface area (Å²) in [5.74, 6) is -0.102. The number of aliphatic hydroxyl groups is 1. The fourth-order valence-electron chi connectivity index (χ4n) is 4.14. The van der Waals surface area contributed by atoms with Gasteiger partial charge in [-0.25, -0.2) is 0 Å². The summed E-state index contributed by atoms with van der Waals surface area (Å²) in [6.45, 7) is 11.9.